The third-order valence-corrected chi connectivity index (χ3v) is 2.32. The minimum atomic E-state index is -0.769. The highest BCUT2D eigenvalue weighted by Gasteiger charge is 2.13. The van der Waals surface area contributed by atoms with Crippen molar-refractivity contribution in [3.63, 3.8) is 0 Å². The molecule has 0 radical (unpaired) electrons. The summed E-state index contributed by atoms with van der Waals surface area (Å²) in [5.41, 5.74) is 6.14. The van der Waals surface area contributed by atoms with Crippen LogP contribution in [0.25, 0.3) is 0 Å². The first-order chi connectivity index (χ1) is 7.10. The molecule has 4 nitrogen and oxygen atoms in total. The predicted molar refractivity (Wildman–Crippen MR) is 56.8 cm³/mol. The van der Waals surface area contributed by atoms with Crippen molar-refractivity contribution in [2.24, 2.45) is 5.73 Å². The van der Waals surface area contributed by atoms with Crippen LogP contribution in [0, 0.1) is 0 Å². The molecule has 1 aromatic carbocycles. The first-order valence-corrected chi connectivity index (χ1v) is 4.73. The van der Waals surface area contributed by atoms with Gasteiger partial charge in [-0.3, -0.25) is 0 Å². The highest BCUT2D eigenvalue weighted by atomic mass is 35.5. The van der Waals surface area contributed by atoms with Gasteiger partial charge in [-0.25, -0.2) is 4.79 Å². The van der Waals surface area contributed by atoms with E-state index in [1.54, 1.807) is 6.07 Å². The number of hydrogen-bond donors (Lipinski definition) is 2. The van der Waals surface area contributed by atoms with E-state index in [4.69, 9.17) is 17.3 Å². The summed E-state index contributed by atoms with van der Waals surface area (Å²) in [5, 5.41) is 9.68. The van der Waals surface area contributed by atoms with Gasteiger partial charge in [0.05, 0.1) is 23.8 Å². The summed E-state index contributed by atoms with van der Waals surface area (Å²) in [6.45, 7) is 0.105. The lowest BCUT2D eigenvalue weighted by molar-refractivity contribution is 0.0600. The normalized spacial score (nSPS) is 12.3. The number of benzene rings is 1. The zero-order valence-electron chi connectivity index (χ0n) is 8.24. The van der Waals surface area contributed by atoms with E-state index in [-0.39, 0.29) is 17.1 Å². The Morgan fingerprint density at radius 2 is 2.33 bits per heavy atom. The first-order valence-electron chi connectivity index (χ1n) is 4.36. The van der Waals surface area contributed by atoms with E-state index in [1.165, 1.54) is 19.2 Å². The SMILES string of the molecule is COC(=O)c1ccc([C@H](O)CN)cc1Cl. The van der Waals surface area contributed by atoms with Crippen LogP contribution in [0.15, 0.2) is 18.2 Å². The lowest BCUT2D eigenvalue weighted by atomic mass is 10.1. The number of carbonyl (C=O) groups excluding carboxylic acids is 1. The summed E-state index contributed by atoms with van der Waals surface area (Å²) in [6.07, 6.45) is -0.769. The van der Waals surface area contributed by atoms with Crippen LogP contribution in [0.1, 0.15) is 22.0 Å². The third-order valence-electron chi connectivity index (χ3n) is 2.01. The zero-order chi connectivity index (χ0) is 11.4. The molecule has 0 unspecified atom stereocenters. The van der Waals surface area contributed by atoms with Gasteiger partial charge in [-0.2, -0.15) is 0 Å². The molecular formula is C10H12ClNO3. The van der Waals surface area contributed by atoms with E-state index in [0.29, 0.717) is 5.56 Å². The maximum Gasteiger partial charge on any atom is 0.339 e. The Hall–Kier alpha value is -1.10. The number of rotatable bonds is 3. The van der Waals surface area contributed by atoms with E-state index < -0.39 is 12.1 Å². The van der Waals surface area contributed by atoms with Gasteiger partial charge in [0, 0.05) is 6.54 Å². The molecule has 1 aromatic rings. The Kier molecular flexibility index (Phi) is 4.08. The Morgan fingerprint density at radius 3 is 2.80 bits per heavy atom. The molecular weight excluding hydrogens is 218 g/mol. The Balaban J connectivity index is 3.03. The Morgan fingerprint density at radius 1 is 1.67 bits per heavy atom. The van der Waals surface area contributed by atoms with Crippen molar-refractivity contribution in [1.82, 2.24) is 0 Å². The average molecular weight is 230 g/mol. The lowest BCUT2D eigenvalue weighted by Gasteiger charge is -2.09. The molecule has 1 rings (SSSR count). The maximum atomic E-state index is 11.2. The molecule has 0 heterocycles. The summed E-state index contributed by atoms with van der Waals surface area (Å²) in [4.78, 5) is 11.2. The van der Waals surface area contributed by atoms with Gasteiger partial charge in [0.15, 0.2) is 0 Å². The van der Waals surface area contributed by atoms with Gasteiger partial charge in [0.25, 0.3) is 0 Å². The number of methoxy groups -OCH3 is 1. The van der Waals surface area contributed by atoms with Crippen molar-refractivity contribution in [3.8, 4) is 0 Å². The van der Waals surface area contributed by atoms with Crippen LogP contribution in [-0.2, 0) is 4.74 Å². The number of aliphatic hydroxyl groups is 1. The molecule has 82 valence electrons. The second-order valence-electron chi connectivity index (χ2n) is 2.98. The van der Waals surface area contributed by atoms with Crippen molar-refractivity contribution in [1.29, 1.82) is 0 Å². The van der Waals surface area contributed by atoms with Crippen molar-refractivity contribution in [2.45, 2.75) is 6.10 Å². The third kappa shape index (κ3) is 2.68. The van der Waals surface area contributed by atoms with Gasteiger partial charge in [-0.05, 0) is 17.7 Å². The summed E-state index contributed by atoms with van der Waals surface area (Å²) in [6, 6.07) is 4.60. The molecule has 5 heteroatoms. The molecule has 0 aromatic heterocycles. The molecule has 0 aliphatic rings. The summed E-state index contributed by atoms with van der Waals surface area (Å²) >= 11 is 5.85. The minimum absolute atomic E-state index is 0.105. The highest BCUT2D eigenvalue weighted by Crippen LogP contribution is 2.22. The Labute approximate surface area is 92.6 Å². The van der Waals surface area contributed by atoms with E-state index >= 15 is 0 Å². The van der Waals surface area contributed by atoms with E-state index in [0.717, 1.165) is 0 Å². The number of carbonyl (C=O) groups is 1. The van der Waals surface area contributed by atoms with E-state index in [1.807, 2.05) is 0 Å². The van der Waals surface area contributed by atoms with E-state index in [9.17, 15) is 9.90 Å². The van der Waals surface area contributed by atoms with Gasteiger partial charge in [0.2, 0.25) is 0 Å². The lowest BCUT2D eigenvalue weighted by Crippen LogP contribution is -2.12. The number of aliphatic hydroxyl groups excluding tert-OH is 1. The molecule has 0 spiro atoms. The molecule has 3 N–H and O–H groups in total. The first kappa shape index (κ1) is 12.0. The van der Waals surface area contributed by atoms with Crippen LogP contribution < -0.4 is 5.73 Å². The smallest absolute Gasteiger partial charge is 0.339 e. The predicted octanol–water partition coefficient (Wildman–Crippen LogP) is 1.12. The molecule has 0 bridgehead atoms. The van der Waals surface area contributed by atoms with Crippen LogP contribution in [0.5, 0.6) is 0 Å². The van der Waals surface area contributed by atoms with Gasteiger partial charge >= 0.3 is 5.97 Å². The number of ether oxygens (including phenoxy) is 1. The van der Waals surface area contributed by atoms with Crippen LogP contribution in [0.2, 0.25) is 5.02 Å². The number of nitrogens with two attached hydrogens (primary N) is 1. The number of hydrogen-bond acceptors (Lipinski definition) is 4. The van der Waals surface area contributed by atoms with E-state index in [2.05, 4.69) is 4.74 Å². The Bertz CT molecular complexity index is 368. The van der Waals surface area contributed by atoms with Crippen molar-refractivity contribution >= 4 is 17.6 Å². The highest BCUT2D eigenvalue weighted by molar-refractivity contribution is 6.33. The van der Waals surface area contributed by atoms with Crippen LogP contribution in [0.4, 0.5) is 0 Å². The zero-order valence-corrected chi connectivity index (χ0v) is 8.99. The quantitative estimate of drug-likeness (QED) is 0.762. The fraction of sp³-hybridized carbons (Fsp3) is 0.300. The van der Waals surface area contributed by atoms with Crippen LogP contribution >= 0.6 is 11.6 Å². The van der Waals surface area contributed by atoms with Crippen molar-refractivity contribution < 1.29 is 14.6 Å². The second-order valence-corrected chi connectivity index (χ2v) is 3.39. The molecule has 0 saturated carbocycles. The topological polar surface area (TPSA) is 72.5 Å². The molecule has 15 heavy (non-hydrogen) atoms. The molecule has 1 atom stereocenters. The largest absolute Gasteiger partial charge is 0.465 e. The molecule has 0 saturated heterocycles. The van der Waals surface area contributed by atoms with Gasteiger partial charge in [-0.15, -0.1) is 0 Å². The number of esters is 1. The fourth-order valence-electron chi connectivity index (χ4n) is 1.15. The van der Waals surface area contributed by atoms with Crippen LogP contribution in [0.3, 0.4) is 0 Å². The van der Waals surface area contributed by atoms with Gasteiger partial charge < -0.3 is 15.6 Å². The molecule has 0 fully saturated rings. The summed E-state index contributed by atoms with van der Waals surface area (Å²) in [5.74, 6) is -0.506. The minimum Gasteiger partial charge on any atom is -0.465 e. The maximum absolute atomic E-state index is 11.2. The monoisotopic (exact) mass is 229 g/mol. The standard InChI is InChI=1S/C10H12ClNO3/c1-15-10(14)7-3-2-6(4-8(7)11)9(13)5-12/h2-4,9,13H,5,12H2,1H3/t9-/m1/s1. The summed E-state index contributed by atoms with van der Waals surface area (Å²) < 4.78 is 4.53. The summed E-state index contributed by atoms with van der Waals surface area (Å²) in [7, 11) is 1.28. The second kappa shape index (κ2) is 5.11. The average Bonchev–Trinajstić information content (AvgIpc) is 2.26. The van der Waals surface area contributed by atoms with Crippen LogP contribution in [-0.4, -0.2) is 24.7 Å². The number of halogens is 1. The fourth-order valence-corrected chi connectivity index (χ4v) is 1.42. The molecule has 0 aliphatic heterocycles. The van der Waals surface area contributed by atoms with Gasteiger partial charge in [-0.1, -0.05) is 17.7 Å². The van der Waals surface area contributed by atoms with Crippen molar-refractivity contribution in [2.75, 3.05) is 13.7 Å². The molecule has 0 aliphatic carbocycles. The van der Waals surface area contributed by atoms with Crippen molar-refractivity contribution in [3.05, 3.63) is 34.3 Å². The molecule has 0 amide bonds. The van der Waals surface area contributed by atoms with Gasteiger partial charge in [0.1, 0.15) is 0 Å².